The van der Waals surface area contributed by atoms with E-state index in [1.165, 1.54) is 5.56 Å². The largest absolute Gasteiger partial charge is 0.466 e. The highest BCUT2D eigenvalue weighted by Gasteiger charge is 2.15. The SMILES string of the molecule is CCOC(=O)CCNC(=O)c1cc(C[C@H](C)c2ccccc2)no1. The molecule has 2 aromatic rings. The first-order valence-corrected chi connectivity index (χ1v) is 8.04. The summed E-state index contributed by atoms with van der Waals surface area (Å²) in [6, 6.07) is 11.7. The second-order valence-corrected chi connectivity index (χ2v) is 5.51. The number of nitrogens with zero attached hydrogens (tertiary/aromatic N) is 1. The number of hydrogen-bond donors (Lipinski definition) is 1. The summed E-state index contributed by atoms with van der Waals surface area (Å²) in [7, 11) is 0. The van der Waals surface area contributed by atoms with Crippen LogP contribution < -0.4 is 5.32 Å². The molecule has 1 atom stereocenters. The molecule has 0 spiro atoms. The van der Waals surface area contributed by atoms with Gasteiger partial charge in [0.1, 0.15) is 0 Å². The van der Waals surface area contributed by atoms with Gasteiger partial charge >= 0.3 is 5.97 Å². The average Bonchev–Trinajstić information content (AvgIpc) is 3.04. The van der Waals surface area contributed by atoms with E-state index in [0.29, 0.717) is 13.0 Å². The van der Waals surface area contributed by atoms with E-state index in [9.17, 15) is 9.59 Å². The van der Waals surface area contributed by atoms with Gasteiger partial charge in [0, 0.05) is 12.6 Å². The first-order chi connectivity index (χ1) is 11.6. The fourth-order valence-electron chi connectivity index (χ4n) is 2.33. The quantitative estimate of drug-likeness (QED) is 0.753. The number of rotatable bonds is 8. The summed E-state index contributed by atoms with van der Waals surface area (Å²) >= 11 is 0. The average molecular weight is 330 g/mol. The first kappa shape index (κ1) is 17.7. The van der Waals surface area contributed by atoms with Crippen LogP contribution in [0.15, 0.2) is 40.9 Å². The molecule has 0 aliphatic carbocycles. The monoisotopic (exact) mass is 330 g/mol. The minimum absolute atomic E-state index is 0.131. The third kappa shape index (κ3) is 5.22. The summed E-state index contributed by atoms with van der Waals surface area (Å²) < 4.78 is 9.88. The van der Waals surface area contributed by atoms with Gasteiger partial charge in [0.05, 0.1) is 18.7 Å². The van der Waals surface area contributed by atoms with E-state index in [4.69, 9.17) is 9.26 Å². The van der Waals surface area contributed by atoms with Crippen LogP contribution in [0.2, 0.25) is 0 Å². The first-order valence-electron chi connectivity index (χ1n) is 8.04. The van der Waals surface area contributed by atoms with Crippen molar-refractivity contribution >= 4 is 11.9 Å². The zero-order valence-corrected chi connectivity index (χ0v) is 14.0. The third-order valence-electron chi connectivity index (χ3n) is 3.59. The van der Waals surface area contributed by atoms with Crippen molar-refractivity contribution < 1.29 is 18.8 Å². The molecule has 6 heteroatoms. The van der Waals surface area contributed by atoms with E-state index in [2.05, 4.69) is 29.5 Å². The van der Waals surface area contributed by atoms with Crippen molar-refractivity contribution in [1.82, 2.24) is 10.5 Å². The highest BCUT2D eigenvalue weighted by molar-refractivity contribution is 5.91. The maximum Gasteiger partial charge on any atom is 0.307 e. The van der Waals surface area contributed by atoms with Crippen LogP contribution in [0.4, 0.5) is 0 Å². The van der Waals surface area contributed by atoms with Crippen LogP contribution in [0.5, 0.6) is 0 Å². The summed E-state index contributed by atoms with van der Waals surface area (Å²) in [5.41, 5.74) is 1.93. The Hall–Kier alpha value is -2.63. The van der Waals surface area contributed by atoms with Gasteiger partial charge < -0.3 is 14.6 Å². The second kappa shape index (κ2) is 8.86. The fraction of sp³-hybridized carbons (Fsp3) is 0.389. The minimum Gasteiger partial charge on any atom is -0.466 e. The predicted molar refractivity (Wildman–Crippen MR) is 88.6 cm³/mol. The smallest absolute Gasteiger partial charge is 0.307 e. The number of ether oxygens (including phenoxy) is 1. The van der Waals surface area contributed by atoms with Gasteiger partial charge in [0.25, 0.3) is 5.91 Å². The molecule has 0 saturated heterocycles. The minimum atomic E-state index is -0.384. The summed E-state index contributed by atoms with van der Waals surface area (Å²) in [6.45, 7) is 4.37. The van der Waals surface area contributed by atoms with Gasteiger partial charge in [-0.3, -0.25) is 9.59 Å². The number of carbonyl (C=O) groups is 2. The van der Waals surface area contributed by atoms with Crippen molar-refractivity contribution in [2.45, 2.75) is 32.6 Å². The molecule has 1 aromatic heterocycles. The molecule has 2 rings (SSSR count). The van der Waals surface area contributed by atoms with E-state index >= 15 is 0 Å². The van der Waals surface area contributed by atoms with Gasteiger partial charge in [-0.15, -0.1) is 0 Å². The number of nitrogens with one attached hydrogen (secondary N) is 1. The normalized spacial score (nSPS) is 11.8. The van der Waals surface area contributed by atoms with Gasteiger partial charge in [-0.1, -0.05) is 42.4 Å². The Morgan fingerprint density at radius 3 is 2.75 bits per heavy atom. The molecule has 1 aromatic carbocycles. The second-order valence-electron chi connectivity index (χ2n) is 5.51. The number of hydrogen-bond acceptors (Lipinski definition) is 5. The zero-order chi connectivity index (χ0) is 17.4. The molecule has 1 heterocycles. The van der Waals surface area contributed by atoms with Gasteiger partial charge in [-0.2, -0.15) is 0 Å². The molecule has 1 N–H and O–H groups in total. The zero-order valence-electron chi connectivity index (χ0n) is 14.0. The van der Waals surface area contributed by atoms with E-state index in [-0.39, 0.29) is 36.5 Å². The lowest BCUT2D eigenvalue weighted by molar-refractivity contribution is -0.142. The molecule has 0 radical (unpaired) electrons. The van der Waals surface area contributed by atoms with Crippen molar-refractivity contribution in [3.8, 4) is 0 Å². The Balaban J connectivity index is 1.84. The van der Waals surface area contributed by atoms with Crippen molar-refractivity contribution in [1.29, 1.82) is 0 Å². The maximum atomic E-state index is 12.0. The molecule has 128 valence electrons. The number of esters is 1. The summed E-state index contributed by atoms with van der Waals surface area (Å²) in [4.78, 5) is 23.2. The Labute approximate surface area is 141 Å². The van der Waals surface area contributed by atoms with E-state index < -0.39 is 0 Å². The highest BCUT2D eigenvalue weighted by atomic mass is 16.5. The number of aromatic nitrogens is 1. The van der Waals surface area contributed by atoms with Crippen molar-refractivity contribution in [3.05, 3.63) is 53.4 Å². The van der Waals surface area contributed by atoms with Crippen LogP contribution in [-0.4, -0.2) is 30.2 Å². The van der Waals surface area contributed by atoms with Crippen LogP contribution in [0.1, 0.15) is 48.0 Å². The number of carbonyl (C=O) groups excluding carboxylic acids is 2. The van der Waals surface area contributed by atoms with E-state index in [0.717, 1.165) is 5.69 Å². The van der Waals surface area contributed by atoms with Crippen LogP contribution >= 0.6 is 0 Å². The fourth-order valence-corrected chi connectivity index (χ4v) is 2.33. The molecule has 0 aliphatic rings. The summed E-state index contributed by atoms with van der Waals surface area (Å²) in [5.74, 6) is -0.302. The molecular weight excluding hydrogens is 308 g/mol. The molecule has 0 fully saturated rings. The predicted octanol–water partition coefficient (Wildman–Crippen LogP) is 2.70. The third-order valence-corrected chi connectivity index (χ3v) is 3.59. The summed E-state index contributed by atoms with van der Waals surface area (Å²) in [6.07, 6.45) is 0.815. The van der Waals surface area contributed by atoms with Gasteiger partial charge in [-0.05, 0) is 24.8 Å². The maximum absolute atomic E-state index is 12.0. The van der Waals surface area contributed by atoms with Gasteiger partial charge in [0.2, 0.25) is 5.76 Å². The standard InChI is InChI=1S/C18H22N2O4/c1-3-23-17(21)9-10-19-18(22)16-12-15(20-24-16)11-13(2)14-7-5-4-6-8-14/h4-8,12-13H,3,9-11H2,1-2H3,(H,19,22)/t13-/m0/s1. The number of amides is 1. The lowest BCUT2D eigenvalue weighted by Gasteiger charge is -2.08. The van der Waals surface area contributed by atoms with Crippen LogP contribution in [0, 0.1) is 0 Å². The van der Waals surface area contributed by atoms with Gasteiger partial charge in [-0.25, -0.2) is 0 Å². The van der Waals surface area contributed by atoms with Gasteiger partial charge in [0.15, 0.2) is 0 Å². The number of benzene rings is 1. The molecule has 0 saturated carbocycles. The van der Waals surface area contributed by atoms with Crippen LogP contribution in [0.25, 0.3) is 0 Å². The van der Waals surface area contributed by atoms with Crippen LogP contribution in [-0.2, 0) is 16.0 Å². The Kier molecular flexibility index (Phi) is 6.54. The molecule has 1 amide bonds. The highest BCUT2D eigenvalue weighted by Crippen LogP contribution is 2.19. The van der Waals surface area contributed by atoms with Crippen molar-refractivity contribution in [2.75, 3.05) is 13.2 Å². The van der Waals surface area contributed by atoms with E-state index in [1.54, 1.807) is 13.0 Å². The lowest BCUT2D eigenvalue weighted by atomic mass is 9.96. The Bertz CT molecular complexity index is 667. The van der Waals surface area contributed by atoms with Crippen molar-refractivity contribution in [2.24, 2.45) is 0 Å². The Morgan fingerprint density at radius 1 is 1.29 bits per heavy atom. The topological polar surface area (TPSA) is 81.4 Å². The molecule has 6 nitrogen and oxygen atoms in total. The molecule has 24 heavy (non-hydrogen) atoms. The Morgan fingerprint density at radius 2 is 2.04 bits per heavy atom. The van der Waals surface area contributed by atoms with Crippen molar-refractivity contribution in [3.63, 3.8) is 0 Å². The summed E-state index contributed by atoms with van der Waals surface area (Å²) in [5, 5.41) is 6.56. The molecule has 0 unspecified atom stereocenters. The molecule has 0 bridgehead atoms. The van der Waals surface area contributed by atoms with Crippen LogP contribution in [0.3, 0.4) is 0 Å². The van der Waals surface area contributed by atoms with E-state index in [1.807, 2.05) is 18.2 Å². The molecular formula is C18H22N2O4. The molecule has 0 aliphatic heterocycles. The lowest BCUT2D eigenvalue weighted by Crippen LogP contribution is -2.26.